The minimum absolute atomic E-state index is 0.109. The highest BCUT2D eigenvalue weighted by molar-refractivity contribution is 7.07. The van der Waals surface area contributed by atoms with Gasteiger partial charge in [0.25, 0.3) is 5.56 Å². The van der Waals surface area contributed by atoms with Gasteiger partial charge in [0.15, 0.2) is 4.80 Å². The molecule has 0 saturated heterocycles. The van der Waals surface area contributed by atoms with Crippen LogP contribution in [-0.4, -0.2) is 34.8 Å². The Labute approximate surface area is 232 Å². The highest BCUT2D eigenvalue weighted by Gasteiger charge is 2.35. The molecule has 1 N–H and O–H groups in total. The number of furan rings is 1. The summed E-state index contributed by atoms with van der Waals surface area (Å²) < 4.78 is 19.0. The molecule has 0 bridgehead atoms. The summed E-state index contributed by atoms with van der Waals surface area (Å²) >= 11 is 1.17. The molecule has 0 unspecified atom stereocenters. The molecule has 0 fully saturated rings. The lowest BCUT2D eigenvalue weighted by Gasteiger charge is -2.26. The van der Waals surface area contributed by atoms with E-state index in [2.05, 4.69) is 4.99 Å². The van der Waals surface area contributed by atoms with E-state index in [0.29, 0.717) is 50.0 Å². The molecule has 0 aliphatic carbocycles. The van der Waals surface area contributed by atoms with E-state index in [-0.39, 0.29) is 23.3 Å². The van der Waals surface area contributed by atoms with Gasteiger partial charge in [-0.05, 0) is 45.0 Å². The summed E-state index contributed by atoms with van der Waals surface area (Å²) in [4.78, 5) is 43.7. The van der Waals surface area contributed by atoms with Crippen LogP contribution < -0.4 is 19.6 Å². The number of carbonyl (C=O) groups is 2. The Hall–Kier alpha value is -4.70. The molecule has 10 heteroatoms. The number of allylic oxidation sites excluding steroid dienone is 1. The Kier molecular flexibility index (Phi) is 7.52. The van der Waals surface area contributed by atoms with Crippen molar-refractivity contribution in [2.75, 3.05) is 13.2 Å². The molecule has 40 heavy (non-hydrogen) atoms. The van der Waals surface area contributed by atoms with E-state index in [4.69, 9.17) is 13.9 Å². The Morgan fingerprint density at radius 1 is 1.07 bits per heavy atom. The lowest BCUT2D eigenvalue weighted by atomic mass is 9.95. The summed E-state index contributed by atoms with van der Waals surface area (Å²) in [5, 5.41) is 9.54. The van der Waals surface area contributed by atoms with Crippen LogP contribution in [0.4, 0.5) is 0 Å². The molecule has 1 atom stereocenters. The first kappa shape index (κ1) is 26.9. The highest BCUT2D eigenvalue weighted by Crippen LogP contribution is 2.36. The predicted octanol–water partition coefficient (Wildman–Crippen LogP) is 4.16. The number of benzene rings is 2. The van der Waals surface area contributed by atoms with E-state index in [0.717, 1.165) is 0 Å². The summed E-state index contributed by atoms with van der Waals surface area (Å²) in [6, 6.07) is 16.3. The van der Waals surface area contributed by atoms with Gasteiger partial charge in [-0.15, -0.1) is 0 Å². The largest absolute Gasteiger partial charge is 0.494 e. The van der Waals surface area contributed by atoms with Crippen LogP contribution in [-0.2, 0) is 9.53 Å². The number of rotatable bonds is 8. The van der Waals surface area contributed by atoms with Crippen LogP contribution in [0, 0.1) is 0 Å². The van der Waals surface area contributed by atoms with E-state index < -0.39 is 18.0 Å². The minimum Gasteiger partial charge on any atom is -0.494 e. The number of hydrogen-bond donors (Lipinski definition) is 1. The van der Waals surface area contributed by atoms with Gasteiger partial charge in [-0.2, -0.15) is 0 Å². The Balaban J connectivity index is 1.66. The second-order valence-corrected chi connectivity index (χ2v) is 9.83. The van der Waals surface area contributed by atoms with Crippen LogP contribution in [0.3, 0.4) is 0 Å². The molecular weight excluding hydrogens is 532 g/mol. The van der Waals surface area contributed by atoms with Gasteiger partial charge in [-0.1, -0.05) is 47.7 Å². The third kappa shape index (κ3) is 4.89. The number of carboxylic acids is 1. The second-order valence-electron chi connectivity index (χ2n) is 8.83. The van der Waals surface area contributed by atoms with Crippen molar-refractivity contribution in [1.29, 1.82) is 0 Å². The molecule has 0 saturated carbocycles. The van der Waals surface area contributed by atoms with E-state index in [1.807, 2.05) is 25.1 Å². The van der Waals surface area contributed by atoms with E-state index >= 15 is 0 Å². The SMILES string of the molecule is CCOC(=O)C1=C(C)N=c2sc(=Cc3ccc(-c4ccccc4C(=O)O)o3)c(=O)n2[C@H]1c1ccccc1OCC. The van der Waals surface area contributed by atoms with Gasteiger partial charge in [0.2, 0.25) is 0 Å². The first-order chi connectivity index (χ1) is 19.3. The summed E-state index contributed by atoms with van der Waals surface area (Å²) in [5.41, 5.74) is 1.53. The molecule has 2 aromatic heterocycles. The fourth-order valence-electron chi connectivity index (χ4n) is 4.67. The van der Waals surface area contributed by atoms with Crippen molar-refractivity contribution in [1.82, 2.24) is 4.57 Å². The van der Waals surface area contributed by atoms with Gasteiger partial charge >= 0.3 is 11.9 Å². The number of para-hydroxylation sites is 1. The van der Waals surface area contributed by atoms with E-state index in [1.54, 1.807) is 56.3 Å². The summed E-state index contributed by atoms with van der Waals surface area (Å²) in [6.07, 6.45) is 1.59. The van der Waals surface area contributed by atoms with Crippen molar-refractivity contribution in [3.8, 4) is 17.1 Å². The van der Waals surface area contributed by atoms with Crippen molar-refractivity contribution in [2.24, 2.45) is 4.99 Å². The number of carbonyl (C=O) groups excluding carboxylic acids is 1. The number of thiazole rings is 1. The summed E-state index contributed by atoms with van der Waals surface area (Å²) in [7, 11) is 0. The van der Waals surface area contributed by atoms with Gasteiger partial charge in [0.1, 0.15) is 23.3 Å². The van der Waals surface area contributed by atoms with Gasteiger partial charge in [-0.25, -0.2) is 14.6 Å². The van der Waals surface area contributed by atoms with Crippen LogP contribution >= 0.6 is 11.3 Å². The second kappa shape index (κ2) is 11.2. The van der Waals surface area contributed by atoms with Crippen LogP contribution in [0.25, 0.3) is 17.4 Å². The Morgan fingerprint density at radius 3 is 2.58 bits per heavy atom. The molecule has 0 spiro atoms. The Bertz CT molecular complexity index is 1830. The molecule has 3 heterocycles. The zero-order valence-corrected chi connectivity index (χ0v) is 22.9. The maximum Gasteiger partial charge on any atom is 0.338 e. The number of hydrogen-bond acceptors (Lipinski definition) is 8. The smallest absolute Gasteiger partial charge is 0.338 e. The zero-order chi connectivity index (χ0) is 28.4. The standard InChI is InChI=1S/C30H26N2O7S/c1-4-37-22-13-9-8-12-21(22)26-25(29(36)38-5-2)17(3)31-30-32(26)27(33)24(40-30)16-18-14-15-23(39-18)19-10-6-7-11-20(19)28(34)35/h6-16,26H,4-5H2,1-3H3,(H,34,35)/t26-/m0/s1. The normalized spacial score (nSPS) is 15.0. The molecule has 4 aromatic rings. The molecular formula is C30H26N2O7S. The average Bonchev–Trinajstić information content (AvgIpc) is 3.53. The molecule has 9 nitrogen and oxygen atoms in total. The van der Waals surface area contributed by atoms with Crippen LogP contribution in [0.1, 0.15) is 48.5 Å². The van der Waals surface area contributed by atoms with Crippen LogP contribution in [0.2, 0.25) is 0 Å². The first-order valence-electron chi connectivity index (χ1n) is 12.7. The maximum absolute atomic E-state index is 13.9. The van der Waals surface area contributed by atoms with Crippen molar-refractivity contribution in [2.45, 2.75) is 26.8 Å². The number of ether oxygens (including phenoxy) is 2. The lowest BCUT2D eigenvalue weighted by Crippen LogP contribution is -2.40. The molecule has 1 aliphatic rings. The van der Waals surface area contributed by atoms with Gasteiger partial charge in [-0.3, -0.25) is 9.36 Å². The molecule has 1 aliphatic heterocycles. The highest BCUT2D eigenvalue weighted by atomic mass is 32.1. The van der Waals surface area contributed by atoms with Gasteiger partial charge in [0.05, 0.1) is 34.6 Å². The number of esters is 1. The fraction of sp³-hybridized carbons (Fsp3) is 0.200. The molecule has 5 rings (SSSR count). The molecule has 0 amide bonds. The van der Waals surface area contributed by atoms with E-state index in [9.17, 15) is 19.5 Å². The van der Waals surface area contributed by atoms with Crippen molar-refractivity contribution in [3.05, 3.63) is 109 Å². The summed E-state index contributed by atoms with van der Waals surface area (Å²) in [6.45, 7) is 5.88. The maximum atomic E-state index is 13.9. The van der Waals surface area contributed by atoms with Gasteiger partial charge in [0, 0.05) is 17.2 Å². The third-order valence-corrected chi connectivity index (χ3v) is 7.34. The van der Waals surface area contributed by atoms with Crippen LogP contribution in [0.15, 0.2) is 86.1 Å². The van der Waals surface area contributed by atoms with Crippen molar-refractivity contribution >= 4 is 29.4 Å². The number of aromatic nitrogens is 1. The molecule has 2 aromatic carbocycles. The zero-order valence-electron chi connectivity index (χ0n) is 22.0. The number of fused-ring (bicyclic) bond motifs is 1. The topological polar surface area (TPSA) is 120 Å². The molecule has 0 radical (unpaired) electrons. The Morgan fingerprint density at radius 2 is 1.82 bits per heavy atom. The molecule has 204 valence electrons. The summed E-state index contributed by atoms with van der Waals surface area (Å²) in [5.74, 6) is -0.341. The van der Waals surface area contributed by atoms with Crippen molar-refractivity contribution < 1.29 is 28.6 Å². The van der Waals surface area contributed by atoms with Crippen LogP contribution in [0.5, 0.6) is 5.75 Å². The predicted molar refractivity (Wildman–Crippen MR) is 149 cm³/mol. The first-order valence-corrected chi connectivity index (χ1v) is 13.5. The quantitative estimate of drug-likeness (QED) is 0.323. The number of aromatic carboxylic acids is 1. The number of carboxylic acid groups (broad SMARTS) is 1. The monoisotopic (exact) mass is 558 g/mol. The van der Waals surface area contributed by atoms with Gasteiger partial charge < -0.3 is 19.0 Å². The third-order valence-electron chi connectivity index (χ3n) is 6.35. The average molecular weight is 559 g/mol. The van der Waals surface area contributed by atoms with Crippen molar-refractivity contribution in [3.63, 3.8) is 0 Å². The minimum atomic E-state index is -1.07. The fourth-order valence-corrected chi connectivity index (χ4v) is 5.69. The van der Waals surface area contributed by atoms with E-state index in [1.165, 1.54) is 22.0 Å². The number of nitrogens with zero attached hydrogens (tertiary/aromatic N) is 2. The lowest BCUT2D eigenvalue weighted by molar-refractivity contribution is -0.139.